The number of amides is 1. The molecule has 0 fully saturated rings. The Bertz CT molecular complexity index is 981. The van der Waals surface area contributed by atoms with Crippen LogP contribution in [0.5, 0.6) is 5.88 Å². The second kappa shape index (κ2) is 5.90. The van der Waals surface area contributed by atoms with Gasteiger partial charge in [0.25, 0.3) is 11.8 Å². The van der Waals surface area contributed by atoms with Crippen molar-refractivity contribution in [3.05, 3.63) is 53.4 Å². The van der Waals surface area contributed by atoms with Crippen LogP contribution < -0.4 is 4.74 Å². The number of hydrogen-bond donors (Lipinski definition) is 1. The summed E-state index contributed by atoms with van der Waals surface area (Å²) in [5.74, 6) is 0.282. The molecule has 25 heavy (non-hydrogen) atoms. The summed E-state index contributed by atoms with van der Waals surface area (Å²) in [6, 6.07) is 9.04. The molecule has 1 aromatic carbocycles. The van der Waals surface area contributed by atoms with E-state index in [1.807, 2.05) is 12.1 Å². The third-order valence-corrected chi connectivity index (χ3v) is 4.11. The maximum atomic E-state index is 12.8. The molecular formula is C17H13N3O5. The first kappa shape index (κ1) is 15.1. The molecule has 1 amide bonds. The van der Waals surface area contributed by atoms with E-state index < -0.39 is 6.16 Å². The zero-order valence-electron chi connectivity index (χ0n) is 13.0. The summed E-state index contributed by atoms with van der Waals surface area (Å²) in [6.45, 7) is 0.643. The molecule has 0 saturated heterocycles. The van der Waals surface area contributed by atoms with Crippen molar-refractivity contribution in [3.63, 3.8) is 0 Å². The van der Waals surface area contributed by atoms with E-state index in [2.05, 4.69) is 14.9 Å². The van der Waals surface area contributed by atoms with Gasteiger partial charge in [-0.25, -0.2) is 4.79 Å². The van der Waals surface area contributed by atoms with E-state index in [1.165, 1.54) is 0 Å². The minimum Gasteiger partial charge on any atom is -0.449 e. The second-order valence-corrected chi connectivity index (χ2v) is 5.65. The van der Waals surface area contributed by atoms with Crippen molar-refractivity contribution < 1.29 is 24.0 Å². The van der Waals surface area contributed by atoms with Gasteiger partial charge >= 0.3 is 6.16 Å². The van der Waals surface area contributed by atoms with Crippen LogP contribution in [0.3, 0.4) is 0 Å². The molecular weight excluding hydrogens is 326 g/mol. The molecule has 0 aliphatic carbocycles. The van der Waals surface area contributed by atoms with E-state index >= 15 is 0 Å². The molecule has 1 aliphatic heterocycles. The van der Waals surface area contributed by atoms with Gasteiger partial charge in [0.15, 0.2) is 0 Å². The molecule has 126 valence electrons. The van der Waals surface area contributed by atoms with Gasteiger partial charge in [-0.1, -0.05) is 6.07 Å². The van der Waals surface area contributed by atoms with Crippen molar-refractivity contribution in [2.45, 2.75) is 13.0 Å². The van der Waals surface area contributed by atoms with Gasteiger partial charge in [-0.15, -0.1) is 0 Å². The number of rotatable bonds is 2. The number of aromatic nitrogens is 2. The topological polar surface area (TPSA) is 106 Å². The third kappa shape index (κ3) is 2.78. The molecule has 0 unspecified atom stereocenters. The molecule has 0 atom stereocenters. The van der Waals surface area contributed by atoms with Gasteiger partial charge in [-0.2, -0.15) is 0 Å². The average Bonchev–Trinajstić information content (AvgIpc) is 3.02. The van der Waals surface area contributed by atoms with Crippen LogP contribution in [0.25, 0.3) is 10.9 Å². The molecule has 1 N–H and O–H groups in total. The molecule has 3 aromatic rings. The zero-order valence-corrected chi connectivity index (χ0v) is 13.0. The van der Waals surface area contributed by atoms with Crippen LogP contribution >= 0.6 is 0 Å². The summed E-state index contributed by atoms with van der Waals surface area (Å²) in [4.78, 5) is 29.4. The Kier molecular flexibility index (Phi) is 3.57. The smallest absolute Gasteiger partial charge is 0.449 e. The fraction of sp³-hybridized carbons (Fsp3) is 0.176. The van der Waals surface area contributed by atoms with E-state index in [9.17, 15) is 9.59 Å². The lowest BCUT2D eigenvalue weighted by Crippen LogP contribution is -2.35. The summed E-state index contributed by atoms with van der Waals surface area (Å²) in [5, 5.41) is 13.3. The van der Waals surface area contributed by atoms with E-state index in [4.69, 9.17) is 9.63 Å². The minimum absolute atomic E-state index is 0.109. The monoisotopic (exact) mass is 339 g/mol. The first-order valence-electron chi connectivity index (χ1n) is 7.64. The van der Waals surface area contributed by atoms with E-state index in [-0.39, 0.29) is 18.3 Å². The van der Waals surface area contributed by atoms with Crippen molar-refractivity contribution in [2.24, 2.45) is 0 Å². The standard InChI is InChI=1S/C17H13N3O5/c21-16(11-3-4-13-10(8-11)2-1-6-18-13)20-7-5-14-12(9-20)15(19-25-14)24-17(22)23/h1-4,6,8H,5,7,9H2,(H,22,23). The van der Waals surface area contributed by atoms with Gasteiger partial charge in [-0.05, 0) is 29.4 Å². The normalized spacial score (nSPS) is 13.5. The van der Waals surface area contributed by atoms with E-state index in [0.717, 1.165) is 10.9 Å². The highest BCUT2D eigenvalue weighted by Gasteiger charge is 2.29. The Labute approximate surface area is 141 Å². The number of fused-ring (bicyclic) bond motifs is 2. The number of carboxylic acid groups (broad SMARTS) is 1. The van der Waals surface area contributed by atoms with Crippen LogP contribution in [0, 0.1) is 0 Å². The van der Waals surface area contributed by atoms with Crippen molar-refractivity contribution in [1.29, 1.82) is 0 Å². The number of carbonyl (C=O) groups excluding carboxylic acids is 1. The molecule has 0 radical (unpaired) electrons. The molecule has 8 nitrogen and oxygen atoms in total. The Balaban J connectivity index is 1.60. The third-order valence-electron chi connectivity index (χ3n) is 4.11. The van der Waals surface area contributed by atoms with Crippen LogP contribution in [-0.2, 0) is 13.0 Å². The molecule has 8 heteroatoms. The summed E-state index contributed by atoms with van der Waals surface area (Å²) in [6.07, 6.45) is 0.680. The summed E-state index contributed by atoms with van der Waals surface area (Å²) >= 11 is 0. The molecule has 3 heterocycles. The Morgan fingerprint density at radius 1 is 1.28 bits per heavy atom. The fourth-order valence-electron chi connectivity index (χ4n) is 2.91. The molecule has 2 aromatic heterocycles. The summed E-state index contributed by atoms with van der Waals surface area (Å²) in [5.41, 5.74) is 1.85. The first-order chi connectivity index (χ1) is 12.1. The second-order valence-electron chi connectivity index (χ2n) is 5.65. The molecule has 0 saturated carbocycles. The highest BCUT2D eigenvalue weighted by atomic mass is 16.7. The lowest BCUT2D eigenvalue weighted by atomic mass is 10.1. The Morgan fingerprint density at radius 2 is 2.16 bits per heavy atom. The van der Waals surface area contributed by atoms with Gasteiger partial charge in [0.05, 0.1) is 17.6 Å². The number of hydrogen-bond acceptors (Lipinski definition) is 6. The minimum atomic E-state index is -1.47. The van der Waals surface area contributed by atoms with Crippen molar-refractivity contribution in [2.75, 3.05) is 6.54 Å². The van der Waals surface area contributed by atoms with Gasteiger partial charge < -0.3 is 19.3 Å². The molecule has 4 rings (SSSR count). The molecule has 1 aliphatic rings. The van der Waals surface area contributed by atoms with Crippen LogP contribution in [-0.4, -0.2) is 38.8 Å². The van der Waals surface area contributed by atoms with Crippen molar-refractivity contribution in [3.8, 4) is 5.88 Å². The van der Waals surface area contributed by atoms with Crippen LogP contribution in [0.15, 0.2) is 41.1 Å². The number of ether oxygens (including phenoxy) is 1. The van der Waals surface area contributed by atoms with Gasteiger partial charge in [0.2, 0.25) is 0 Å². The Morgan fingerprint density at radius 3 is 3.00 bits per heavy atom. The molecule has 0 spiro atoms. The summed E-state index contributed by atoms with van der Waals surface area (Å²) in [7, 11) is 0. The van der Waals surface area contributed by atoms with Gasteiger partial charge in [0, 0.05) is 30.1 Å². The summed E-state index contributed by atoms with van der Waals surface area (Å²) < 4.78 is 9.70. The zero-order chi connectivity index (χ0) is 17.4. The van der Waals surface area contributed by atoms with Crippen LogP contribution in [0.1, 0.15) is 21.7 Å². The van der Waals surface area contributed by atoms with Crippen molar-refractivity contribution in [1.82, 2.24) is 15.0 Å². The van der Waals surface area contributed by atoms with Gasteiger partial charge in [0.1, 0.15) is 5.76 Å². The predicted molar refractivity (Wildman–Crippen MR) is 85.3 cm³/mol. The first-order valence-corrected chi connectivity index (χ1v) is 7.64. The van der Waals surface area contributed by atoms with Gasteiger partial charge in [-0.3, -0.25) is 9.78 Å². The predicted octanol–water partition coefficient (Wildman–Crippen LogP) is 2.48. The quantitative estimate of drug-likeness (QED) is 0.715. The van der Waals surface area contributed by atoms with Crippen LogP contribution in [0.2, 0.25) is 0 Å². The van der Waals surface area contributed by atoms with E-state index in [0.29, 0.717) is 29.9 Å². The lowest BCUT2D eigenvalue weighted by molar-refractivity contribution is 0.0728. The average molecular weight is 339 g/mol. The maximum absolute atomic E-state index is 12.8. The van der Waals surface area contributed by atoms with Crippen LogP contribution in [0.4, 0.5) is 4.79 Å². The van der Waals surface area contributed by atoms with Crippen molar-refractivity contribution >= 4 is 23.0 Å². The number of benzene rings is 1. The maximum Gasteiger partial charge on any atom is 0.512 e. The number of pyridine rings is 1. The number of carbonyl (C=O) groups is 2. The highest BCUT2D eigenvalue weighted by molar-refractivity contribution is 5.98. The SMILES string of the molecule is O=C(O)Oc1noc2c1CN(C(=O)c1ccc3ncccc3c1)CC2. The van der Waals surface area contributed by atoms with E-state index in [1.54, 1.807) is 29.3 Å². The largest absolute Gasteiger partial charge is 0.512 e. The number of nitrogens with zero attached hydrogens (tertiary/aromatic N) is 3. The lowest BCUT2D eigenvalue weighted by Gasteiger charge is -2.26. The highest BCUT2D eigenvalue weighted by Crippen LogP contribution is 2.28. The Hall–Kier alpha value is -3.42. The molecule has 0 bridgehead atoms. The fourth-order valence-corrected chi connectivity index (χ4v) is 2.91.